The average molecular weight is 474 g/mol. The van der Waals surface area contributed by atoms with Gasteiger partial charge in [-0.05, 0) is 36.4 Å². The van der Waals surface area contributed by atoms with Crippen LogP contribution in [0.5, 0.6) is 0 Å². The summed E-state index contributed by atoms with van der Waals surface area (Å²) in [4.78, 5) is 24.0. The molecule has 4 aromatic rings. The van der Waals surface area contributed by atoms with E-state index in [0.717, 1.165) is 5.56 Å². The number of imidazole rings is 1. The molecule has 0 unspecified atom stereocenters. The van der Waals surface area contributed by atoms with Crippen molar-refractivity contribution < 1.29 is 24.5 Å². The normalized spacial score (nSPS) is 13.1. The van der Waals surface area contributed by atoms with E-state index in [9.17, 15) is 19.4 Å². The number of aliphatic hydroxyl groups excluding tert-OH is 2. The summed E-state index contributed by atoms with van der Waals surface area (Å²) in [6.07, 6.45) is 3.14. The van der Waals surface area contributed by atoms with Gasteiger partial charge in [-0.15, -0.1) is 0 Å². The highest BCUT2D eigenvalue weighted by Crippen LogP contribution is 2.36. The van der Waals surface area contributed by atoms with Crippen LogP contribution in [0.2, 0.25) is 0 Å². The van der Waals surface area contributed by atoms with Crippen LogP contribution in [0.4, 0.5) is 4.39 Å². The lowest BCUT2D eigenvalue weighted by Crippen LogP contribution is -2.19. The molecule has 8 nitrogen and oxygen atoms in total. The average Bonchev–Trinajstić information content (AvgIpc) is 3.23. The van der Waals surface area contributed by atoms with Crippen LogP contribution < -0.4 is 0 Å². The molecule has 4 rings (SSSR count). The molecule has 2 aromatic carbocycles. The third kappa shape index (κ3) is 5.84. The SMILES string of the molecule is O=C(O)C[C@H](O)C[C@H](O)/C=C/n1c(-c2ccccc2)nc(-c2ccncn2)c1-c1ccc(F)cc1. The maximum atomic E-state index is 13.7. The molecule has 2 atom stereocenters. The number of aliphatic hydroxyl groups is 2. The van der Waals surface area contributed by atoms with Gasteiger partial charge in [0.1, 0.15) is 23.7 Å². The first-order valence-electron chi connectivity index (χ1n) is 10.9. The van der Waals surface area contributed by atoms with Gasteiger partial charge in [-0.25, -0.2) is 19.3 Å². The lowest BCUT2D eigenvalue weighted by Gasteiger charge is -2.13. The molecule has 0 bridgehead atoms. The van der Waals surface area contributed by atoms with Crippen LogP contribution in [-0.4, -0.2) is 53.0 Å². The minimum atomic E-state index is -1.20. The number of carboxylic acid groups (broad SMARTS) is 1. The van der Waals surface area contributed by atoms with Gasteiger partial charge < -0.3 is 15.3 Å². The zero-order valence-corrected chi connectivity index (χ0v) is 18.6. The Labute approximate surface area is 200 Å². The van der Waals surface area contributed by atoms with Crippen LogP contribution in [0, 0.1) is 5.82 Å². The van der Waals surface area contributed by atoms with E-state index in [-0.39, 0.29) is 12.2 Å². The van der Waals surface area contributed by atoms with Crippen molar-refractivity contribution in [3.63, 3.8) is 0 Å². The molecule has 2 heterocycles. The molecule has 178 valence electrons. The Balaban J connectivity index is 1.86. The van der Waals surface area contributed by atoms with Crippen molar-refractivity contribution in [3.8, 4) is 34.0 Å². The first-order chi connectivity index (χ1) is 16.9. The smallest absolute Gasteiger partial charge is 0.305 e. The minimum Gasteiger partial charge on any atom is -0.481 e. The summed E-state index contributed by atoms with van der Waals surface area (Å²) < 4.78 is 15.5. The van der Waals surface area contributed by atoms with Crippen LogP contribution in [0.25, 0.3) is 40.2 Å². The third-order valence-corrected chi connectivity index (χ3v) is 5.27. The standard InChI is InChI=1S/C26H23FN4O4/c27-19-8-6-17(7-9-19)25-24(22-10-12-28-16-29-22)30-26(18-4-2-1-3-5-18)31(25)13-11-20(32)14-21(33)15-23(34)35/h1-13,16,20-21,32-33H,14-15H2,(H,34,35)/b13-11+/t20-,21-/m1/s1. The van der Waals surface area contributed by atoms with Gasteiger partial charge in [0.2, 0.25) is 0 Å². The Bertz CT molecular complexity index is 1310. The molecule has 0 saturated carbocycles. The molecule has 0 spiro atoms. The third-order valence-electron chi connectivity index (χ3n) is 5.27. The van der Waals surface area contributed by atoms with Crippen LogP contribution in [0.1, 0.15) is 12.8 Å². The molecule has 0 amide bonds. The van der Waals surface area contributed by atoms with Crippen LogP contribution in [-0.2, 0) is 4.79 Å². The quantitative estimate of drug-likeness (QED) is 0.337. The van der Waals surface area contributed by atoms with Crippen molar-refractivity contribution >= 4 is 12.2 Å². The molecular weight excluding hydrogens is 451 g/mol. The number of rotatable bonds is 9. The fourth-order valence-electron chi connectivity index (χ4n) is 3.69. The second-order valence-electron chi connectivity index (χ2n) is 7.87. The maximum Gasteiger partial charge on any atom is 0.305 e. The summed E-state index contributed by atoms with van der Waals surface area (Å²) in [5, 5.41) is 29.2. The molecule has 0 radical (unpaired) electrons. The van der Waals surface area contributed by atoms with Gasteiger partial charge in [-0.3, -0.25) is 9.36 Å². The summed E-state index contributed by atoms with van der Waals surface area (Å²) in [5.41, 5.74) is 3.15. The number of benzene rings is 2. The van der Waals surface area contributed by atoms with Crippen molar-refractivity contribution in [1.82, 2.24) is 19.5 Å². The van der Waals surface area contributed by atoms with E-state index >= 15 is 0 Å². The highest BCUT2D eigenvalue weighted by Gasteiger charge is 2.21. The van der Waals surface area contributed by atoms with Crippen molar-refractivity contribution in [1.29, 1.82) is 0 Å². The van der Waals surface area contributed by atoms with Crippen molar-refractivity contribution in [2.24, 2.45) is 0 Å². The summed E-state index contributed by atoms with van der Waals surface area (Å²) >= 11 is 0. The zero-order valence-electron chi connectivity index (χ0n) is 18.6. The van der Waals surface area contributed by atoms with E-state index in [4.69, 9.17) is 10.1 Å². The number of carboxylic acids is 1. The largest absolute Gasteiger partial charge is 0.481 e. The number of aliphatic carboxylic acids is 1. The second kappa shape index (κ2) is 10.8. The van der Waals surface area contributed by atoms with E-state index in [1.807, 2.05) is 30.3 Å². The maximum absolute atomic E-state index is 13.7. The summed E-state index contributed by atoms with van der Waals surface area (Å²) in [6.45, 7) is 0. The van der Waals surface area contributed by atoms with E-state index in [2.05, 4.69) is 9.97 Å². The summed E-state index contributed by atoms with van der Waals surface area (Å²) in [5.74, 6) is -0.985. The first-order valence-corrected chi connectivity index (χ1v) is 10.9. The molecule has 0 aliphatic rings. The van der Waals surface area contributed by atoms with Crippen LogP contribution >= 0.6 is 0 Å². The summed E-state index contributed by atoms with van der Waals surface area (Å²) in [7, 11) is 0. The summed E-state index contributed by atoms with van der Waals surface area (Å²) in [6, 6.07) is 17.1. The lowest BCUT2D eigenvalue weighted by atomic mass is 10.1. The molecule has 2 aromatic heterocycles. The second-order valence-corrected chi connectivity index (χ2v) is 7.87. The molecule has 0 aliphatic carbocycles. The molecule has 0 saturated heterocycles. The molecule has 9 heteroatoms. The van der Waals surface area contributed by atoms with Crippen LogP contribution in [0.3, 0.4) is 0 Å². The molecular formula is C26H23FN4O4. The van der Waals surface area contributed by atoms with Crippen molar-refractivity contribution in [3.05, 3.63) is 85.1 Å². The van der Waals surface area contributed by atoms with Gasteiger partial charge in [-0.1, -0.05) is 30.3 Å². The lowest BCUT2D eigenvalue weighted by molar-refractivity contribution is -0.139. The van der Waals surface area contributed by atoms with E-state index in [1.165, 1.54) is 24.5 Å². The number of halogens is 1. The highest BCUT2D eigenvalue weighted by molar-refractivity contribution is 5.82. The highest BCUT2D eigenvalue weighted by atomic mass is 19.1. The van der Waals surface area contributed by atoms with E-state index in [1.54, 1.807) is 35.2 Å². The fraction of sp³-hybridized carbons (Fsp3) is 0.154. The predicted octanol–water partition coefficient (Wildman–Crippen LogP) is 3.87. The topological polar surface area (TPSA) is 121 Å². The van der Waals surface area contributed by atoms with Gasteiger partial charge in [0.15, 0.2) is 0 Å². The van der Waals surface area contributed by atoms with Gasteiger partial charge in [-0.2, -0.15) is 0 Å². The van der Waals surface area contributed by atoms with Gasteiger partial charge in [0.05, 0.1) is 30.0 Å². The molecule has 35 heavy (non-hydrogen) atoms. The van der Waals surface area contributed by atoms with Crippen molar-refractivity contribution in [2.75, 3.05) is 0 Å². The first kappa shape index (κ1) is 23.9. The number of carbonyl (C=O) groups is 1. The van der Waals surface area contributed by atoms with Gasteiger partial charge in [0.25, 0.3) is 0 Å². The molecule has 0 aliphatic heterocycles. The zero-order chi connectivity index (χ0) is 24.8. The Kier molecular flexibility index (Phi) is 7.39. The number of hydrogen-bond donors (Lipinski definition) is 3. The van der Waals surface area contributed by atoms with Crippen LogP contribution in [0.15, 0.2) is 79.3 Å². The van der Waals surface area contributed by atoms with Gasteiger partial charge >= 0.3 is 5.97 Å². The fourth-order valence-corrected chi connectivity index (χ4v) is 3.69. The Morgan fingerprint density at radius 3 is 2.43 bits per heavy atom. The molecule has 0 fully saturated rings. The van der Waals surface area contributed by atoms with Gasteiger partial charge in [0, 0.05) is 29.9 Å². The Morgan fingerprint density at radius 1 is 1.03 bits per heavy atom. The Hall–Kier alpha value is -4.21. The van der Waals surface area contributed by atoms with E-state index < -0.39 is 24.6 Å². The predicted molar refractivity (Wildman–Crippen MR) is 128 cm³/mol. The minimum absolute atomic E-state index is 0.150. The number of hydrogen-bond acceptors (Lipinski definition) is 6. The molecule has 3 N–H and O–H groups in total. The number of aromatic nitrogens is 4. The number of nitrogens with zero attached hydrogens (tertiary/aromatic N) is 4. The Morgan fingerprint density at radius 2 is 1.77 bits per heavy atom. The van der Waals surface area contributed by atoms with E-state index in [0.29, 0.717) is 28.5 Å². The monoisotopic (exact) mass is 474 g/mol. The van der Waals surface area contributed by atoms with Crippen molar-refractivity contribution in [2.45, 2.75) is 25.0 Å².